The van der Waals surface area contributed by atoms with Crippen LogP contribution in [0.2, 0.25) is 0 Å². The number of fused-ring (bicyclic) bond motifs is 7. The quantitative estimate of drug-likeness (QED) is 0.409. The molecule has 8 atom stereocenters. The Labute approximate surface area is 201 Å². The van der Waals surface area contributed by atoms with Gasteiger partial charge in [0.15, 0.2) is 0 Å². The smallest absolute Gasteiger partial charge is 0.314 e. The summed E-state index contributed by atoms with van der Waals surface area (Å²) < 4.78 is 0. The van der Waals surface area contributed by atoms with Crippen molar-refractivity contribution in [3.63, 3.8) is 0 Å². The predicted molar refractivity (Wildman–Crippen MR) is 133 cm³/mol. The van der Waals surface area contributed by atoms with Gasteiger partial charge in [-0.25, -0.2) is 0 Å². The molecular weight excluding hydrogens is 408 g/mol. The maximum atomic E-state index is 13.5. The lowest BCUT2D eigenvalue weighted by atomic mass is 9.33. The Morgan fingerprint density at radius 1 is 0.879 bits per heavy atom. The summed E-state index contributed by atoms with van der Waals surface area (Å²) in [6.07, 6.45) is 12.6. The van der Waals surface area contributed by atoms with Gasteiger partial charge < -0.3 is 10.2 Å². The van der Waals surface area contributed by atoms with E-state index in [2.05, 4.69) is 54.5 Å². The van der Waals surface area contributed by atoms with Gasteiger partial charge in [0.2, 0.25) is 0 Å². The van der Waals surface area contributed by atoms with Crippen molar-refractivity contribution in [3.05, 3.63) is 11.6 Å². The zero-order valence-electron chi connectivity index (χ0n) is 22.3. The van der Waals surface area contributed by atoms with Crippen molar-refractivity contribution < 1.29 is 15.0 Å². The Bertz CT molecular complexity index is 885. The highest BCUT2D eigenvalue weighted by Gasteiger charge is 2.71. The van der Waals surface area contributed by atoms with E-state index in [1.807, 2.05) is 0 Å². The first-order valence-electron chi connectivity index (χ1n) is 13.8. The minimum atomic E-state index is -0.721. The maximum absolute atomic E-state index is 13.5. The van der Waals surface area contributed by atoms with E-state index in [4.69, 9.17) is 0 Å². The van der Waals surface area contributed by atoms with Crippen LogP contribution in [0.5, 0.6) is 0 Å². The Kier molecular flexibility index (Phi) is 4.99. The first kappa shape index (κ1) is 23.9. The van der Waals surface area contributed by atoms with E-state index in [1.54, 1.807) is 0 Å². The first-order chi connectivity index (χ1) is 15.1. The molecule has 4 fully saturated rings. The van der Waals surface area contributed by atoms with Gasteiger partial charge in [-0.2, -0.15) is 0 Å². The fraction of sp³-hybridized carbons (Fsp3) is 0.900. The van der Waals surface area contributed by atoms with Crippen molar-refractivity contribution in [2.75, 3.05) is 0 Å². The van der Waals surface area contributed by atoms with Crippen LogP contribution in [0.1, 0.15) is 113 Å². The molecule has 0 radical (unpaired) electrons. The summed E-state index contributed by atoms with van der Waals surface area (Å²) >= 11 is 0. The monoisotopic (exact) mass is 456 g/mol. The number of hydrogen-bond donors (Lipinski definition) is 2. The molecule has 3 nitrogen and oxygen atoms in total. The lowest BCUT2D eigenvalue weighted by Crippen LogP contribution is -2.66. The van der Waals surface area contributed by atoms with Crippen LogP contribution >= 0.6 is 0 Å². The molecule has 5 rings (SSSR count). The molecule has 3 heteroatoms. The Balaban J connectivity index is 1.64. The molecule has 2 unspecified atom stereocenters. The predicted octanol–water partition coefficient (Wildman–Crippen LogP) is 7.23. The lowest BCUT2D eigenvalue weighted by Gasteiger charge is -2.70. The van der Waals surface area contributed by atoms with Crippen molar-refractivity contribution in [3.8, 4) is 0 Å². The second-order valence-electron chi connectivity index (χ2n) is 15.1. The molecule has 0 aliphatic heterocycles. The van der Waals surface area contributed by atoms with Crippen LogP contribution in [0.4, 0.5) is 0 Å². The Morgan fingerprint density at radius 2 is 1.55 bits per heavy atom. The highest BCUT2D eigenvalue weighted by atomic mass is 16.4. The second-order valence-corrected chi connectivity index (χ2v) is 15.1. The van der Waals surface area contributed by atoms with Crippen LogP contribution in [-0.4, -0.2) is 22.3 Å². The topological polar surface area (TPSA) is 57.5 Å². The minimum absolute atomic E-state index is 0.0901. The summed E-state index contributed by atoms with van der Waals surface area (Å²) in [6.45, 7) is 16.6. The summed E-state index contributed by atoms with van der Waals surface area (Å²) in [4.78, 5) is 13.5. The summed E-state index contributed by atoms with van der Waals surface area (Å²) in [5.41, 5.74) is 0.906. The van der Waals surface area contributed by atoms with Gasteiger partial charge in [0.1, 0.15) is 0 Å². The third kappa shape index (κ3) is 2.87. The van der Waals surface area contributed by atoms with Crippen molar-refractivity contribution in [2.45, 2.75) is 119 Å². The summed E-state index contributed by atoms with van der Waals surface area (Å²) in [5, 5.41) is 22.0. The van der Waals surface area contributed by atoms with Crippen molar-refractivity contribution in [1.29, 1.82) is 0 Å². The molecule has 5 aliphatic rings. The minimum Gasteiger partial charge on any atom is -0.481 e. The van der Waals surface area contributed by atoms with Gasteiger partial charge in [-0.05, 0) is 109 Å². The third-order valence-corrected chi connectivity index (χ3v) is 12.9. The van der Waals surface area contributed by atoms with Gasteiger partial charge in [0, 0.05) is 0 Å². The molecule has 0 saturated heterocycles. The van der Waals surface area contributed by atoms with Crippen molar-refractivity contribution in [1.82, 2.24) is 0 Å². The standard InChI is InChI=1S/C30H48O3/c1-25(2)14-15-27(5)16-17-30(24(32)33)19(20(27)18-25)8-9-22-28(6)12-11-23(31)26(3,4)21(28)10-13-29(22,30)7/h8,20-23,31H,9-18H2,1-7H3,(H,32,33)/t20?,21?,22-,23+,27-,28+,29-,30-/m1/s1. The molecule has 4 saturated carbocycles. The highest BCUT2D eigenvalue weighted by molar-refractivity contribution is 5.81. The molecule has 186 valence electrons. The number of rotatable bonds is 1. The van der Waals surface area contributed by atoms with E-state index < -0.39 is 11.4 Å². The van der Waals surface area contributed by atoms with Gasteiger partial charge in [-0.15, -0.1) is 0 Å². The Morgan fingerprint density at radius 3 is 2.21 bits per heavy atom. The van der Waals surface area contributed by atoms with E-state index in [0.717, 1.165) is 51.4 Å². The number of aliphatic carboxylic acids is 1. The number of carboxylic acids is 1. The second kappa shape index (κ2) is 6.89. The average Bonchev–Trinajstić information content (AvgIpc) is 2.71. The highest BCUT2D eigenvalue weighted by Crippen LogP contribution is 2.75. The van der Waals surface area contributed by atoms with Crippen LogP contribution in [0.3, 0.4) is 0 Å². The van der Waals surface area contributed by atoms with Crippen LogP contribution in [0.25, 0.3) is 0 Å². The molecule has 0 heterocycles. The molecule has 0 aromatic carbocycles. The molecule has 0 aromatic rings. The molecule has 0 spiro atoms. The van der Waals surface area contributed by atoms with Crippen molar-refractivity contribution >= 4 is 5.97 Å². The molecule has 0 amide bonds. The zero-order valence-corrected chi connectivity index (χ0v) is 22.3. The average molecular weight is 457 g/mol. The number of carboxylic acid groups (broad SMARTS) is 1. The van der Waals surface area contributed by atoms with Crippen LogP contribution in [-0.2, 0) is 4.79 Å². The molecular formula is C30H48O3. The van der Waals surface area contributed by atoms with Gasteiger partial charge in [-0.3, -0.25) is 4.79 Å². The fourth-order valence-electron chi connectivity index (χ4n) is 10.6. The summed E-state index contributed by atoms with van der Waals surface area (Å²) in [5.74, 6) is 0.675. The Hall–Kier alpha value is -0.830. The number of hydrogen-bond acceptors (Lipinski definition) is 2. The van der Waals surface area contributed by atoms with Gasteiger partial charge >= 0.3 is 5.97 Å². The van der Waals surface area contributed by atoms with Gasteiger partial charge in [0.05, 0.1) is 11.5 Å². The van der Waals surface area contributed by atoms with E-state index >= 15 is 0 Å². The molecule has 33 heavy (non-hydrogen) atoms. The number of allylic oxidation sites excluding steroid dienone is 1. The summed E-state index contributed by atoms with van der Waals surface area (Å²) in [6, 6.07) is 0. The van der Waals surface area contributed by atoms with E-state index in [9.17, 15) is 15.0 Å². The van der Waals surface area contributed by atoms with E-state index in [1.165, 1.54) is 18.4 Å². The lowest BCUT2D eigenvalue weighted by molar-refractivity contribution is -0.213. The number of aliphatic hydroxyl groups is 1. The normalized spacial score (nSPS) is 52.4. The van der Waals surface area contributed by atoms with Crippen molar-refractivity contribution in [2.24, 2.45) is 50.2 Å². The number of carbonyl (C=O) groups is 1. The maximum Gasteiger partial charge on any atom is 0.314 e. The van der Waals surface area contributed by atoms with Gasteiger partial charge in [0.25, 0.3) is 0 Å². The van der Waals surface area contributed by atoms with E-state index in [-0.39, 0.29) is 33.2 Å². The fourth-order valence-corrected chi connectivity index (χ4v) is 10.6. The largest absolute Gasteiger partial charge is 0.481 e. The third-order valence-electron chi connectivity index (χ3n) is 12.9. The molecule has 0 bridgehead atoms. The van der Waals surface area contributed by atoms with Gasteiger partial charge in [-0.1, -0.05) is 60.1 Å². The first-order valence-corrected chi connectivity index (χ1v) is 13.8. The van der Waals surface area contributed by atoms with Crippen LogP contribution < -0.4 is 0 Å². The molecule has 2 N–H and O–H groups in total. The molecule has 0 aromatic heterocycles. The SMILES string of the molecule is CC1(C)CC[C@]2(C)CC[C@]3(C(=O)O)C(=CC[C@@H]4[C@@]5(C)CC[C@H](O)C(C)(C)C5CC[C@]43C)C2C1. The van der Waals surface area contributed by atoms with Crippen LogP contribution in [0.15, 0.2) is 11.6 Å². The molecule has 5 aliphatic carbocycles. The number of aliphatic hydroxyl groups excluding tert-OH is 1. The zero-order chi connectivity index (χ0) is 24.2. The van der Waals surface area contributed by atoms with Crippen LogP contribution in [0, 0.1) is 50.2 Å². The van der Waals surface area contributed by atoms with E-state index in [0.29, 0.717) is 17.8 Å². The summed E-state index contributed by atoms with van der Waals surface area (Å²) in [7, 11) is 0.